The predicted molar refractivity (Wildman–Crippen MR) is 241 cm³/mol. The van der Waals surface area contributed by atoms with Crippen LogP contribution in [-0.2, 0) is 179 Å². The molecule has 72 heavy (non-hydrogen) atoms. The molecular formula is C40H50N8O16S4Y4-2. The van der Waals surface area contributed by atoms with Crippen LogP contribution in [0.2, 0.25) is 0 Å². The zero-order valence-corrected chi connectivity index (χ0v) is 54.2. The average Bonchev–Trinajstić information content (AvgIpc) is 3.29. The molecule has 0 aromatic rings. The number of carboxylic acids is 2. The van der Waals surface area contributed by atoms with E-state index in [1.165, 1.54) is 68.4 Å². The Kier molecular flexibility index (Phi) is 29.3. The van der Waals surface area contributed by atoms with Crippen molar-refractivity contribution in [2.75, 3.05) is 37.9 Å². The Labute approximate surface area is 531 Å². The van der Waals surface area contributed by atoms with Crippen molar-refractivity contribution in [2.24, 2.45) is 0 Å². The fraction of sp³-hybridized carbons (Fsp3) is 0.550. The van der Waals surface area contributed by atoms with Crippen molar-refractivity contribution in [3.8, 4) is 0 Å². The average molecular weight is 1380 g/mol. The Bertz CT molecular complexity index is 2270. The van der Waals surface area contributed by atoms with Gasteiger partial charge in [0.2, 0.25) is 35.4 Å². The molecule has 10 unspecified atom stereocenters. The molecular weight excluding hydrogens is 1330 g/mol. The minimum Gasteiger partial charge on any atom is -0.548 e. The van der Waals surface area contributed by atoms with Gasteiger partial charge in [-0.2, -0.15) is 0 Å². The minimum atomic E-state index is -1.49. The molecule has 8 amide bonds. The number of rotatable bonds is 10. The van der Waals surface area contributed by atoms with Crippen LogP contribution in [0.25, 0.3) is 0 Å². The Morgan fingerprint density at radius 2 is 0.944 bits per heavy atom. The van der Waals surface area contributed by atoms with Gasteiger partial charge < -0.3 is 71.3 Å². The summed E-state index contributed by atoms with van der Waals surface area (Å²) in [6.45, 7) is 8.18. The fourth-order valence-corrected chi connectivity index (χ4v) is 13.4. The van der Waals surface area contributed by atoms with E-state index in [1.54, 1.807) is 21.6 Å². The van der Waals surface area contributed by atoms with Gasteiger partial charge in [0.25, 0.3) is 11.8 Å². The van der Waals surface area contributed by atoms with Gasteiger partial charge in [-0.3, -0.25) is 48.2 Å². The summed E-state index contributed by atoms with van der Waals surface area (Å²) in [6.07, 6.45) is 0. The first-order valence-corrected chi connectivity index (χ1v) is 24.6. The number of carbonyl (C=O) groups excluding carboxylic acids is 10. The van der Waals surface area contributed by atoms with Gasteiger partial charge in [0.05, 0.1) is 56.1 Å². The number of thioether (sulfide) groups is 4. The van der Waals surface area contributed by atoms with Crippen LogP contribution in [0.15, 0.2) is 44.5 Å². The molecule has 24 nitrogen and oxygen atoms in total. The van der Waals surface area contributed by atoms with Crippen molar-refractivity contribution >= 4 is 106 Å². The van der Waals surface area contributed by atoms with E-state index >= 15 is 0 Å². The van der Waals surface area contributed by atoms with Crippen molar-refractivity contribution in [3.63, 3.8) is 0 Å². The largest absolute Gasteiger partial charge is 0.548 e. The van der Waals surface area contributed by atoms with E-state index < -0.39 is 77.9 Å². The molecule has 8 heterocycles. The van der Waals surface area contributed by atoms with Crippen LogP contribution in [0, 0.1) is 0 Å². The third-order valence-corrected chi connectivity index (χ3v) is 16.6. The smallest absolute Gasteiger partial charge is 0.253 e. The van der Waals surface area contributed by atoms with Crippen LogP contribution in [0.1, 0.15) is 41.5 Å². The third kappa shape index (κ3) is 14.9. The Balaban J connectivity index is 0.000000472. The number of carboxylic acid groups (broad SMARTS) is 2. The number of aliphatic carboxylic acids is 2. The van der Waals surface area contributed by atoms with E-state index in [-0.39, 0.29) is 213 Å². The maximum atomic E-state index is 11.8. The second-order valence-corrected chi connectivity index (χ2v) is 20.1. The molecule has 4 fully saturated rings. The van der Waals surface area contributed by atoms with Gasteiger partial charge in [-0.15, -0.1) is 47.0 Å². The van der Waals surface area contributed by atoms with Gasteiger partial charge in [-0.1, -0.05) is 0 Å². The Hall–Kier alpha value is -0.684. The number of aliphatic hydroxyl groups is 4. The van der Waals surface area contributed by atoms with Crippen molar-refractivity contribution in [2.45, 2.75) is 99.3 Å². The molecule has 0 aromatic heterocycles. The standard InChI is InChI=1S/2C10H12N2O5S.2C10H14N2O3S.4Y/c2*1-4(14)11-6-8(15)12-7(10(16)17)5(2-13)3-18-9(6)12;2*1-5-7(3-13)4-16-10-8(11-6(2)14)9(15)12(5)10;;;;/h6,9,13H,2-3H2,1H3,(H,11,14)(H,16,17);3,6-7,9,13H,2H2,1H3,(H,11,14)(H,16,17);8,10,13H,3-4H2,1-2H3,(H,11,14);4-5,8,10,13H,3H2,1-2H3,(H,11,14);;;;/p-2. The van der Waals surface area contributed by atoms with Crippen LogP contribution in [0.4, 0.5) is 0 Å². The number of amides is 8. The van der Waals surface area contributed by atoms with Gasteiger partial charge in [0.15, 0.2) is 0 Å². The zero-order chi connectivity index (χ0) is 50.6. The molecule has 8 aliphatic heterocycles. The molecule has 0 aromatic carbocycles. The topological polar surface area (TPSA) is 359 Å². The van der Waals surface area contributed by atoms with E-state index in [4.69, 9.17) is 20.4 Å². The molecule has 0 saturated carbocycles. The molecule has 0 spiro atoms. The SMILES string of the molecule is CC(=O)NC1C(=O)N2C(C(=O)[O-])=C(CO)CSC12.CC(=O)NC1C(=O)N2C(C(=O)[O-])C(CO)=CSC12.CC(=O)NC1C(=O)N2C(C)=C(CO)CSC12.CC(=O)NC1C(=O)N2C(C)C(CO)=CSC12.[Y].[Y].[Y].[Y]. The molecule has 8 N–H and O–H groups in total. The Morgan fingerprint density at radius 3 is 1.35 bits per heavy atom. The first kappa shape index (κ1) is 69.3. The molecule has 384 valence electrons. The van der Waals surface area contributed by atoms with Crippen LogP contribution in [0.3, 0.4) is 0 Å². The quantitative estimate of drug-likeness (QED) is 0.0945. The fourth-order valence-electron chi connectivity index (χ4n) is 8.02. The van der Waals surface area contributed by atoms with E-state index in [1.807, 2.05) is 19.3 Å². The summed E-state index contributed by atoms with van der Waals surface area (Å²) in [6, 6.07) is -3.57. The summed E-state index contributed by atoms with van der Waals surface area (Å²) in [4.78, 5) is 118. The molecule has 8 aliphatic rings. The summed E-state index contributed by atoms with van der Waals surface area (Å²) in [7, 11) is 0. The van der Waals surface area contributed by atoms with Crippen molar-refractivity contribution < 1.29 is 209 Å². The van der Waals surface area contributed by atoms with E-state index in [2.05, 4.69) is 21.3 Å². The monoisotopic (exact) mass is 1380 g/mol. The molecule has 8 rings (SSSR count). The number of hydrogen-bond acceptors (Lipinski definition) is 20. The van der Waals surface area contributed by atoms with Gasteiger partial charge in [-0.05, 0) is 47.0 Å². The number of β-lactam (4-membered cyclic amide) rings is 4. The molecule has 0 aliphatic carbocycles. The number of hydrogen-bond donors (Lipinski definition) is 8. The molecule has 4 radical (unpaired) electrons. The van der Waals surface area contributed by atoms with Gasteiger partial charge in [0.1, 0.15) is 45.7 Å². The van der Waals surface area contributed by atoms with Crippen LogP contribution in [0.5, 0.6) is 0 Å². The number of aliphatic hydroxyl groups excluding tert-OH is 4. The number of carbonyl (C=O) groups is 10. The second-order valence-electron chi connectivity index (χ2n) is 15.9. The van der Waals surface area contributed by atoms with Crippen LogP contribution >= 0.6 is 47.0 Å². The van der Waals surface area contributed by atoms with Gasteiger partial charge in [-0.25, -0.2) is 0 Å². The van der Waals surface area contributed by atoms with Crippen LogP contribution in [-0.4, -0.2) is 195 Å². The third-order valence-electron chi connectivity index (χ3n) is 11.5. The summed E-state index contributed by atoms with van der Waals surface area (Å²) < 4.78 is 0. The minimum absolute atomic E-state index is 0. The summed E-state index contributed by atoms with van der Waals surface area (Å²) in [5, 5.41) is 71.1. The van der Waals surface area contributed by atoms with Gasteiger partial charge in [0, 0.05) is 176 Å². The van der Waals surface area contributed by atoms with Gasteiger partial charge >= 0.3 is 0 Å². The normalized spacial score (nSPS) is 27.8. The maximum absolute atomic E-state index is 11.8. The summed E-state index contributed by atoms with van der Waals surface area (Å²) >= 11 is 5.55. The van der Waals surface area contributed by atoms with E-state index in [9.17, 15) is 58.2 Å². The van der Waals surface area contributed by atoms with E-state index in [0.717, 1.165) is 26.6 Å². The van der Waals surface area contributed by atoms with Crippen LogP contribution < -0.4 is 31.5 Å². The van der Waals surface area contributed by atoms with E-state index in [0.29, 0.717) is 11.5 Å². The molecule has 32 heteroatoms. The number of fused-ring (bicyclic) bond motifs is 4. The molecule has 4 saturated heterocycles. The maximum Gasteiger partial charge on any atom is 0.253 e. The second kappa shape index (κ2) is 30.5. The van der Waals surface area contributed by atoms with Crippen molar-refractivity contribution in [1.82, 2.24) is 40.9 Å². The molecule has 10 atom stereocenters. The number of nitrogens with one attached hydrogen (secondary N) is 4. The number of allylic oxidation sites excluding steroid dienone is 1. The summed E-state index contributed by atoms with van der Waals surface area (Å²) in [5.74, 6) is -4.11. The van der Waals surface area contributed by atoms with Crippen molar-refractivity contribution in [3.05, 3.63) is 44.5 Å². The zero-order valence-electron chi connectivity index (χ0n) is 39.6. The van der Waals surface area contributed by atoms with Crippen molar-refractivity contribution in [1.29, 1.82) is 0 Å². The first-order chi connectivity index (χ1) is 32.1. The molecule has 0 bridgehead atoms. The number of nitrogens with zero attached hydrogens (tertiary/aromatic N) is 4. The summed E-state index contributed by atoms with van der Waals surface area (Å²) in [5.41, 5.74) is 2.76. The predicted octanol–water partition coefficient (Wildman–Crippen LogP) is -5.86. The Morgan fingerprint density at radius 1 is 0.569 bits per heavy atom. The first-order valence-electron chi connectivity index (χ1n) is 20.6.